The van der Waals surface area contributed by atoms with Crippen molar-refractivity contribution in [1.82, 2.24) is 4.98 Å². The zero-order chi connectivity index (χ0) is 21.0. The van der Waals surface area contributed by atoms with Crippen LogP contribution in [0.25, 0.3) is 27.4 Å². The number of H-pyrrole nitrogens is 1. The number of aromatic nitrogens is 1. The Morgan fingerprint density at radius 2 is 1.76 bits per heavy atom. The lowest BCUT2D eigenvalue weighted by Gasteiger charge is -2.08. The van der Waals surface area contributed by atoms with E-state index in [1.807, 2.05) is 37.3 Å². The Morgan fingerprint density at radius 1 is 1.10 bits per heavy atom. The van der Waals surface area contributed by atoms with Crippen LogP contribution in [0.4, 0.5) is 0 Å². The first-order valence-electron chi connectivity index (χ1n) is 8.55. The lowest BCUT2D eigenvalue weighted by atomic mass is 9.94. The molecule has 6 heteroatoms. The maximum atomic E-state index is 11.1. The summed E-state index contributed by atoms with van der Waals surface area (Å²) in [5.74, 6) is -1.08. The number of nitriles is 2. The third-order valence-electron chi connectivity index (χ3n) is 4.50. The first-order chi connectivity index (χ1) is 14.0. The van der Waals surface area contributed by atoms with Gasteiger partial charge in [0.1, 0.15) is 0 Å². The summed E-state index contributed by atoms with van der Waals surface area (Å²) >= 11 is 0. The van der Waals surface area contributed by atoms with E-state index < -0.39 is 5.97 Å². The summed E-state index contributed by atoms with van der Waals surface area (Å²) in [6, 6.07) is 17.3. The normalized spacial score (nSPS) is 11.9. The molecule has 2 aromatic carbocycles. The average molecular weight is 378 g/mol. The van der Waals surface area contributed by atoms with Crippen LogP contribution in [-0.4, -0.2) is 16.1 Å². The van der Waals surface area contributed by atoms with Crippen molar-refractivity contribution in [2.24, 2.45) is 0 Å². The van der Waals surface area contributed by atoms with E-state index in [1.54, 1.807) is 6.08 Å². The van der Waals surface area contributed by atoms with Gasteiger partial charge in [-0.05, 0) is 36.8 Å². The standard InChI is InChI=1S/C23H14N4O2/c1-14-19(18-5-3-4-6-20(18)27-14)11-17(12-24)22(21(13-25)26-2)15-7-9-16(10-8-15)23(28)29/h3-11,27H,1H3,(H,28,29)/b17-11+,22-21+. The third kappa shape index (κ3) is 3.62. The number of para-hydroxylation sites is 1. The molecule has 0 spiro atoms. The molecular formula is C23H14N4O2. The van der Waals surface area contributed by atoms with E-state index in [0.29, 0.717) is 5.56 Å². The molecule has 2 N–H and O–H groups in total. The zero-order valence-electron chi connectivity index (χ0n) is 15.4. The summed E-state index contributed by atoms with van der Waals surface area (Å²) in [7, 11) is 0. The molecule has 0 aliphatic carbocycles. The molecule has 0 radical (unpaired) electrons. The molecule has 1 heterocycles. The number of allylic oxidation sites excluding steroid dienone is 3. The van der Waals surface area contributed by atoms with Gasteiger partial charge in [0.25, 0.3) is 5.70 Å². The molecule has 0 aliphatic heterocycles. The number of aromatic carboxylic acids is 1. The number of nitrogens with zero attached hydrogens (tertiary/aromatic N) is 3. The van der Waals surface area contributed by atoms with Gasteiger partial charge in [0, 0.05) is 27.7 Å². The minimum Gasteiger partial charge on any atom is -0.478 e. The Bertz CT molecular complexity index is 1290. The van der Waals surface area contributed by atoms with Crippen molar-refractivity contribution >= 4 is 28.5 Å². The molecule has 0 amide bonds. The first kappa shape index (κ1) is 19.2. The molecule has 0 atom stereocenters. The van der Waals surface area contributed by atoms with E-state index in [-0.39, 0.29) is 22.4 Å². The second kappa shape index (κ2) is 7.96. The fourth-order valence-electron chi connectivity index (χ4n) is 3.13. The highest BCUT2D eigenvalue weighted by atomic mass is 16.4. The molecule has 0 saturated carbocycles. The van der Waals surface area contributed by atoms with Gasteiger partial charge < -0.3 is 10.1 Å². The highest BCUT2D eigenvalue weighted by Crippen LogP contribution is 2.32. The van der Waals surface area contributed by atoms with Crippen LogP contribution in [-0.2, 0) is 0 Å². The predicted molar refractivity (Wildman–Crippen MR) is 109 cm³/mol. The Labute approximate surface area is 167 Å². The lowest BCUT2D eigenvalue weighted by molar-refractivity contribution is 0.0697. The Hall–Kier alpha value is -4.60. The fraction of sp³-hybridized carbons (Fsp3) is 0.0435. The van der Waals surface area contributed by atoms with Crippen LogP contribution >= 0.6 is 0 Å². The van der Waals surface area contributed by atoms with Crippen molar-refractivity contribution in [3.63, 3.8) is 0 Å². The van der Waals surface area contributed by atoms with Gasteiger partial charge in [-0.15, -0.1) is 0 Å². The van der Waals surface area contributed by atoms with Gasteiger partial charge in [-0.25, -0.2) is 14.9 Å². The number of rotatable bonds is 4. The van der Waals surface area contributed by atoms with Crippen LogP contribution in [0.1, 0.15) is 27.2 Å². The molecule has 0 fully saturated rings. The van der Waals surface area contributed by atoms with Crippen molar-refractivity contribution in [1.29, 1.82) is 10.5 Å². The molecule has 3 aromatic rings. The second-order valence-electron chi connectivity index (χ2n) is 6.21. The molecule has 3 rings (SSSR count). The van der Waals surface area contributed by atoms with Crippen LogP contribution in [0.3, 0.4) is 0 Å². The molecule has 0 saturated heterocycles. The largest absolute Gasteiger partial charge is 0.478 e. The van der Waals surface area contributed by atoms with Crippen LogP contribution in [0.15, 0.2) is 59.8 Å². The van der Waals surface area contributed by atoms with Crippen molar-refractivity contribution in [3.8, 4) is 12.1 Å². The number of hydrogen-bond donors (Lipinski definition) is 2. The van der Waals surface area contributed by atoms with E-state index in [0.717, 1.165) is 22.2 Å². The van der Waals surface area contributed by atoms with Gasteiger partial charge in [-0.1, -0.05) is 30.3 Å². The topological polar surface area (TPSA) is 105 Å². The first-order valence-corrected chi connectivity index (χ1v) is 8.55. The SMILES string of the molecule is [C-]#[N+]/C(C#N)=C(/C(C#N)=C/c1c(C)[nH]c2ccccc12)c1ccc(C(=O)O)cc1. The maximum absolute atomic E-state index is 11.1. The Kier molecular flexibility index (Phi) is 5.26. The molecule has 0 bridgehead atoms. The molecule has 6 nitrogen and oxygen atoms in total. The van der Waals surface area contributed by atoms with Crippen molar-refractivity contribution in [2.75, 3.05) is 0 Å². The summed E-state index contributed by atoms with van der Waals surface area (Å²) in [6.07, 6.45) is 1.65. The Morgan fingerprint density at radius 3 is 2.34 bits per heavy atom. The van der Waals surface area contributed by atoms with Gasteiger partial charge in [-0.3, -0.25) is 0 Å². The number of nitrogens with one attached hydrogen (secondary N) is 1. The number of benzene rings is 2. The quantitative estimate of drug-likeness (QED) is 0.381. The minimum atomic E-state index is -1.08. The number of fused-ring (bicyclic) bond motifs is 1. The van der Waals surface area contributed by atoms with Gasteiger partial charge in [0.15, 0.2) is 0 Å². The summed E-state index contributed by atoms with van der Waals surface area (Å²) < 4.78 is 0. The number of hydrogen-bond acceptors (Lipinski definition) is 3. The molecule has 29 heavy (non-hydrogen) atoms. The highest BCUT2D eigenvalue weighted by Gasteiger charge is 2.17. The second-order valence-corrected chi connectivity index (χ2v) is 6.21. The Balaban J connectivity index is 2.25. The maximum Gasteiger partial charge on any atom is 0.335 e. The average Bonchev–Trinajstić information content (AvgIpc) is 3.05. The number of carboxylic acid groups (broad SMARTS) is 1. The molecular weight excluding hydrogens is 364 g/mol. The van der Waals surface area contributed by atoms with Crippen molar-refractivity contribution in [3.05, 3.63) is 93.6 Å². The predicted octanol–water partition coefficient (Wildman–Crippen LogP) is 4.94. The van der Waals surface area contributed by atoms with E-state index in [4.69, 9.17) is 11.7 Å². The van der Waals surface area contributed by atoms with E-state index in [1.165, 1.54) is 24.3 Å². The highest BCUT2D eigenvalue weighted by molar-refractivity contribution is 5.98. The molecule has 0 unspecified atom stereocenters. The summed E-state index contributed by atoms with van der Waals surface area (Å²) in [6.45, 7) is 9.23. The van der Waals surface area contributed by atoms with Crippen molar-refractivity contribution in [2.45, 2.75) is 6.92 Å². The van der Waals surface area contributed by atoms with Crippen LogP contribution < -0.4 is 0 Å². The summed E-state index contributed by atoms with van der Waals surface area (Å²) in [4.78, 5) is 17.6. The summed E-state index contributed by atoms with van der Waals surface area (Å²) in [5, 5.41) is 29.3. The van der Waals surface area contributed by atoms with Crippen LogP contribution in [0, 0.1) is 36.2 Å². The number of aryl methyl sites for hydroxylation is 1. The van der Waals surface area contributed by atoms with Gasteiger partial charge in [0.05, 0.1) is 29.8 Å². The van der Waals surface area contributed by atoms with E-state index in [9.17, 15) is 15.3 Å². The van der Waals surface area contributed by atoms with Crippen LogP contribution in [0.5, 0.6) is 0 Å². The summed E-state index contributed by atoms with van der Waals surface area (Å²) in [5.41, 5.74) is 3.13. The molecule has 1 aromatic heterocycles. The number of carboxylic acids is 1. The lowest BCUT2D eigenvalue weighted by Crippen LogP contribution is -1.97. The molecule has 138 valence electrons. The minimum absolute atomic E-state index is 0.0735. The number of carbonyl (C=O) groups is 1. The zero-order valence-corrected chi connectivity index (χ0v) is 15.4. The van der Waals surface area contributed by atoms with Gasteiger partial charge in [-0.2, -0.15) is 5.26 Å². The van der Waals surface area contributed by atoms with E-state index >= 15 is 0 Å². The van der Waals surface area contributed by atoms with Gasteiger partial charge >= 0.3 is 5.97 Å². The van der Waals surface area contributed by atoms with Gasteiger partial charge in [0.2, 0.25) is 0 Å². The van der Waals surface area contributed by atoms with E-state index in [2.05, 4.69) is 15.9 Å². The smallest absolute Gasteiger partial charge is 0.335 e. The molecule has 0 aliphatic rings. The van der Waals surface area contributed by atoms with Crippen molar-refractivity contribution < 1.29 is 9.90 Å². The number of aromatic amines is 1. The fourth-order valence-corrected chi connectivity index (χ4v) is 3.13. The van der Waals surface area contributed by atoms with Crippen LogP contribution in [0.2, 0.25) is 0 Å². The third-order valence-corrected chi connectivity index (χ3v) is 4.50. The monoisotopic (exact) mass is 378 g/mol.